The Morgan fingerprint density at radius 3 is 2.57 bits per heavy atom. The normalized spacial score (nSPS) is 12.2. The molecular weight excluding hydrogens is 366 g/mol. The van der Waals surface area contributed by atoms with E-state index in [1.807, 2.05) is 11.9 Å². The van der Waals surface area contributed by atoms with Gasteiger partial charge in [0.2, 0.25) is 0 Å². The van der Waals surface area contributed by atoms with Crippen LogP contribution in [-0.4, -0.2) is 47.0 Å². The van der Waals surface area contributed by atoms with Crippen LogP contribution in [0.4, 0.5) is 5.82 Å². The zero-order valence-corrected chi connectivity index (χ0v) is 15.5. The highest BCUT2D eigenvalue weighted by molar-refractivity contribution is 9.10. The first kappa shape index (κ1) is 19.2. The standard InChI is InChI=1S/C15H22BrN3O4/c1-6-23-14(22)10(8-20)13(21)19-12(7-11(16)17-19)18(5)9-15(2,3)4/h7-8,20H,6,9H2,1-5H3. The maximum Gasteiger partial charge on any atom is 0.347 e. The summed E-state index contributed by atoms with van der Waals surface area (Å²) in [6, 6.07) is 1.67. The lowest BCUT2D eigenvalue weighted by Gasteiger charge is -2.28. The molecule has 128 valence electrons. The molecule has 0 aliphatic carbocycles. The van der Waals surface area contributed by atoms with Gasteiger partial charge in [0.15, 0.2) is 5.57 Å². The van der Waals surface area contributed by atoms with Crippen molar-refractivity contribution in [2.75, 3.05) is 25.1 Å². The first-order valence-corrected chi connectivity index (χ1v) is 7.93. The summed E-state index contributed by atoms with van der Waals surface area (Å²) in [4.78, 5) is 26.1. The summed E-state index contributed by atoms with van der Waals surface area (Å²) in [5.74, 6) is -1.15. The monoisotopic (exact) mass is 387 g/mol. The third-order valence-corrected chi connectivity index (χ3v) is 3.20. The Morgan fingerprint density at radius 1 is 1.48 bits per heavy atom. The van der Waals surface area contributed by atoms with Gasteiger partial charge in [-0.3, -0.25) is 4.79 Å². The highest BCUT2D eigenvalue weighted by atomic mass is 79.9. The van der Waals surface area contributed by atoms with Crippen molar-refractivity contribution < 1.29 is 19.4 Å². The van der Waals surface area contributed by atoms with Gasteiger partial charge >= 0.3 is 5.97 Å². The van der Waals surface area contributed by atoms with E-state index in [1.165, 1.54) is 0 Å². The summed E-state index contributed by atoms with van der Waals surface area (Å²) in [6.45, 7) is 8.58. The average molecular weight is 388 g/mol. The van der Waals surface area contributed by atoms with Gasteiger partial charge in [-0.2, -0.15) is 9.78 Å². The Balaban J connectivity index is 3.18. The van der Waals surface area contributed by atoms with Crippen molar-refractivity contribution in [1.82, 2.24) is 9.78 Å². The van der Waals surface area contributed by atoms with Gasteiger partial charge in [-0.15, -0.1) is 0 Å². The number of carbonyl (C=O) groups excluding carboxylic acids is 2. The Labute approximate surface area is 144 Å². The maximum atomic E-state index is 12.5. The molecule has 0 unspecified atom stereocenters. The van der Waals surface area contributed by atoms with E-state index in [9.17, 15) is 14.7 Å². The molecule has 1 N–H and O–H groups in total. The second-order valence-electron chi connectivity index (χ2n) is 6.22. The average Bonchev–Trinajstić information content (AvgIpc) is 2.80. The quantitative estimate of drug-likeness (QED) is 0.275. The number of aliphatic hydroxyl groups excluding tert-OH is 1. The number of halogens is 1. The van der Waals surface area contributed by atoms with Crippen LogP contribution < -0.4 is 4.90 Å². The number of hydrogen-bond acceptors (Lipinski definition) is 6. The van der Waals surface area contributed by atoms with Crippen molar-refractivity contribution in [2.45, 2.75) is 27.7 Å². The van der Waals surface area contributed by atoms with E-state index in [0.717, 1.165) is 4.68 Å². The van der Waals surface area contributed by atoms with E-state index < -0.39 is 17.4 Å². The van der Waals surface area contributed by atoms with Crippen molar-refractivity contribution in [3.05, 3.63) is 22.5 Å². The number of aliphatic hydroxyl groups is 1. The molecule has 0 amide bonds. The van der Waals surface area contributed by atoms with Crippen LogP contribution in [0, 0.1) is 5.41 Å². The molecule has 0 radical (unpaired) electrons. The molecule has 0 saturated carbocycles. The lowest BCUT2D eigenvalue weighted by molar-refractivity contribution is -0.138. The summed E-state index contributed by atoms with van der Waals surface area (Å²) in [5, 5.41) is 13.3. The second kappa shape index (κ2) is 7.63. The highest BCUT2D eigenvalue weighted by Crippen LogP contribution is 2.24. The molecule has 23 heavy (non-hydrogen) atoms. The Hall–Kier alpha value is -1.83. The number of rotatable bonds is 5. The first-order valence-electron chi connectivity index (χ1n) is 7.13. The van der Waals surface area contributed by atoms with Crippen LogP contribution in [-0.2, 0) is 9.53 Å². The van der Waals surface area contributed by atoms with Crippen molar-refractivity contribution in [2.24, 2.45) is 5.41 Å². The van der Waals surface area contributed by atoms with Crippen molar-refractivity contribution >= 4 is 33.6 Å². The minimum atomic E-state index is -0.893. The lowest BCUT2D eigenvalue weighted by Crippen LogP contribution is -2.33. The van der Waals surface area contributed by atoms with E-state index in [-0.39, 0.29) is 12.0 Å². The molecular formula is C15H22BrN3O4. The van der Waals surface area contributed by atoms with Crippen LogP contribution in [0.15, 0.2) is 22.5 Å². The molecule has 1 aromatic heterocycles. The number of aromatic nitrogens is 2. The minimum absolute atomic E-state index is 0.00381. The highest BCUT2D eigenvalue weighted by Gasteiger charge is 2.27. The zero-order valence-electron chi connectivity index (χ0n) is 14.0. The number of nitrogens with zero attached hydrogens (tertiary/aromatic N) is 3. The summed E-state index contributed by atoms with van der Waals surface area (Å²) < 4.78 is 6.28. The third kappa shape index (κ3) is 5.09. The number of esters is 1. The van der Waals surface area contributed by atoms with Gasteiger partial charge in [0, 0.05) is 19.7 Å². The molecule has 0 fully saturated rings. The molecule has 0 aliphatic heterocycles. The van der Waals surface area contributed by atoms with Crippen molar-refractivity contribution in [1.29, 1.82) is 0 Å². The maximum absolute atomic E-state index is 12.5. The predicted octanol–water partition coefficient (Wildman–Crippen LogP) is 2.77. The summed E-state index contributed by atoms with van der Waals surface area (Å²) in [6.07, 6.45) is 0.448. The van der Waals surface area contributed by atoms with E-state index >= 15 is 0 Å². The van der Waals surface area contributed by atoms with Gasteiger partial charge < -0.3 is 14.7 Å². The number of carbonyl (C=O) groups is 2. The van der Waals surface area contributed by atoms with Crippen LogP contribution in [0.1, 0.15) is 32.5 Å². The molecule has 0 bridgehead atoms. The van der Waals surface area contributed by atoms with Crippen LogP contribution in [0.2, 0.25) is 0 Å². The van der Waals surface area contributed by atoms with E-state index in [0.29, 0.717) is 23.2 Å². The van der Waals surface area contributed by atoms with Gasteiger partial charge in [-0.25, -0.2) is 4.79 Å². The van der Waals surface area contributed by atoms with Gasteiger partial charge in [0.05, 0.1) is 12.9 Å². The van der Waals surface area contributed by atoms with Gasteiger partial charge in [-0.1, -0.05) is 20.8 Å². The van der Waals surface area contributed by atoms with E-state index in [4.69, 9.17) is 4.74 Å². The molecule has 1 aromatic rings. The molecule has 0 aromatic carbocycles. The fraction of sp³-hybridized carbons (Fsp3) is 0.533. The molecule has 7 nitrogen and oxygen atoms in total. The van der Waals surface area contributed by atoms with E-state index in [1.54, 1.807) is 13.0 Å². The number of anilines is 1. The summed E-state index contributed by atoms with van der Waals surface area (Å²) in [5.41, 5.74) is -0.483. The molecule has 1 rings (SSSR count). The molecule has 8 heteroatoms. The Kier molecular flexibility index (Phi) is 6.37. The number of ether oxygens (including phenoxy) is 1. The fourth-order valence-corrected chi connectivity index (χ4v) is 2.44. The lowest BCUT2D eigenvalue weighted by atomic mass is 9.96. The second-order valence-corrected chi connectivity index (χ2v) is 7.03. The van der Waals surface area contributed by atoms with Crippen molar-refractivity contribution in [3.8, 4) is 0 Å². The Bertz CT molecular complexity index is 617. The van der Waals surface area contributed by atoms with Gasteiger partial charge in [0.1, 0.15) is 10.4 Å². The Morgan fingerprint density at radius 2 is 2.09 bits per heavy atom. The first-order chi connectivity index (χ1) is 10.6. The van der Waals surface area contributed by atoms with Crippen LogP contribution in [0.5, 0.6) is 0 Å². The summed E-state index contributed by atoms with van der Waals surface area (Å²) >= 11 is 3.23. The minimum Gasteiger partial charge on any atom is -0.514 e. The number of hydrogen-bond donors (Lipinski definition) is 1. The van der Waals surface area contributed by atoms with Gasteiger partial charge in [-0.05, 0) is 28.3 Å². The summed E-state index contributed by atoms with van der Waals surface area (Å²) in [7, 11) is 1.82. The van der Waals surface area contributed by atoms with Crippen LogP contribution in [0.3, 0.4) is 0 Å². The molecule has 0 saturated heterocycles. The largest absolute Gasteiger partial charge is 0.514 e. The third-order valence-electron chi connectivity index (χ3n) is 2.81. The predicted molar refractivity (Wildman–Crippen MR) is 90.6 cm³/mol. The van der Waals surface area contributed by atoms with E-state index in [2.05, 4.69) is 41.8 Å². The molecule has 1 heterocycles. The zero-order chi connectivity index (χ0) is 17.8. The topological polar surface area (TPSA) is 84.7 Å². The molecule has 0 atom stereocenters. The smallest absolute Gasteiger partial charge is 0.347 e. The SMILES string of the molecule is CCOC(=O)C(=CO)C(=O)n1nc(Br)cc1N(C)CC(C)(C)C. The molecule has 0 spiro atoms. The molecule has 0 aliphatic rings. The van der Waals surface area contributed by atoms with Crippen molar-refractivity contribution in [3.63, 3.8) is 0 Å². The van der Waals surface area contributed by atoms with Gasteiger partial charge in [0.25, 0.3) is 5.91 Å². The fourth-order valence-electron chi connectivity index (χ4n) is 2.08. The van der Waals surface area contributed by atoms with Crippen LogP contribution in [0.25, 0.3) is 0 Å². The van der Waals surface area contributed by atoms with Crippen LogP contribution >= 0.6 is 15.9 Å².